The smallest absolute Gasteiger partial charge is 0.340 e. The number of benzene rings is 1. The number of hydrogen-bond acceptors (Lipinski definition) is 5. The first kappa shape index (κ1) is 14.8. The molecule has 21 heavy (non-hydrogen) atoms. The zero-order valence-electron chi connectivity index (χ0n) is 11.8. The number of aromatic nitrogens is 1. The van der Waals surface area contributed by atoms with E-state index in [1.54, 1.807) is 26.0 Å². The van der Waals surface area contributed by atoms with Crippen molar-refractivity contribution < 1.29 is 13.9 Å². The fraction of sp³-hybridized carbons (Fsp3) is 0.200. The van der Waals surface area contributed by atoms with Crippen LogP contribution in [0.5, 0.6) is 0 Å². The molecule has 0 atom stereocenters. The number of anilines is 3. The lowest BCUT2D eigenvalue weighted by Gasteiger charge is -2.10. The van der Waals surface area contributed by atoms with Gasteiger partial charge >= 0.3 is 5.97 Å². The molecule has 1 aromatic heterocycles. The van der Waals surface area contributed by atoms with Gasteiger partial charge in [0, 0.05) is 0 Å². The molecule has 1 heterocycles. The van der Waals surface area contributed by atoms with Crippen LogP contribution in [0.3, 0.4) is 0 Å². The number of nitrogen functional groups attached to an aromatic ring is 1. The number of rotatable bonds is 4. The van der Waals surface area contributed by atoms with Crippen LogP contribution in [0.1, 0.15) is 22.8 Å². The Morgan fingerprint density at radius 1 is 1.43 bits per heavy atom. The summed E-state index contributed by atoms with van der Waals surface area (Å²) in [5.41, 5.74) is 7.19. The van der Waals surface area contributed by atoms with Gasteiger partial charge in [-0.25, -0.2) is 14.2 Å². The van der Waals surface area contributed by atoms with Crippen LogP contribution in [0.4, 0.5) is 21.6 Å². The summed E-state index contributed by atoms with van der Waals surface area (Å²) in [6, 6.07) is 6.22. The molecule has 0 radical (unpaired) electrons. The lowest BCUT2D eigenvalue weighted by atomic mass is 10.2. The summed E-state index contributed by atoms with van der Waals surface area (Å²) in [6.07, 6.45) is 1.33. The van der Waals surface area contributed by atoms with E-state index < -0.39 is 11.8 Å². The Labute approximate surface area is 121 Å². The maximum Gasteiger partial charge on any atom is 0.340 e. The molecule has 0 unspecified atom stereocenters. The monoisotopic (exact) mass is 289 g/mol. The van der Waals surface area contributed by atoms with E-state index in [-0.39, 0.29) is 23.5 Å². The molecule has 2 aromatic rings. The van der Waals surface area contributed by atoms with Gasteiger partial charge in [-0.15, -0.1) is 0 Å². The van der Waals surface area contributed by atoms with Crippen LogP contribution in [0, 0.1) is 12.7 Å². The number of hydrogen-bond donors (Lipinski definition) is 2. The van der Waals surface area contributed by atoms with Gasteiger partial charge < -0.3 is 15.8 Å². The van der Waals surface area contributed by atoms with E-state index in [2.05, 4.69) is 10.3 Å². The Bertz CT molecular complexity index is 674. The molecule has 110 valence electrons. The molecule has 0 saturated carbocycles. The number of ether oxygens (including phenoxy) is 1. The number of nitrogens with one attached hydrogen (secondary N) is 1. The Morgan fingerprint density at radius 3 is 2.86 bits per heavy atom. The van der Waals surface area contributed by atoms with Crippen LogP contribution in [0.25, 0.3) is 0 Å². The van der Waals surface area contributed by atoms with E-state index in [0.29, 0.717) is 5.82 Å². The van der Waals surface area contributed by atoms with Crippen LogP contribution < -0.4 is 11.1 Å². The topological polar surface area (TPSA) is 77.2 Å². The van der Waals surface area contributed by atoms with E-state index in [1.807, 2.05) is 0 Å². The molecule has 0 aliphatic carbocycles. The van der Waals surface area contributed by atoms with Gasteiger partial charge in [-0.2, -0.15) is 0 Å². The summed E-state index contributed by atoms with van der Waals surface area (Å²) < 4.78 is 18.7. The average molecular weight is 289 g/mol. The average Bonchev–Trinajstić information content (AvgIpc) is 2.44. The summed E-state index contributed by atoms with van der Waals surface area (Å²) in [7, 11) is 0. The summed E-state index contributed by atoms with van der Waals surface area (Å²) >= 11 is 0. The summed E-state index contributed by atoms with van der Waals surface area (Å²) in [4.78, 5) is 15.8. The predicted octanol–water partition coefficient (Wildman–Crippen LogP) is 3.03. The van der Waals surface area contributed by atoms with Gasteiger partial charge in [0.05, 0.1) is 29.7 Å². The molecule has 1 aromatic carbocycles. The van der Waals surface area contributed by atoms with E-state index in [0.717, 1.165) is 5.56 Å². The van der Waals surface area contributed by atoms with Gasteiger partial charge in [0.1, 0.15) is 11.6 Å². The zero-order valence-corrected chi connectivity index (χ0v) is 11.8. The minimum atomic E-state index is -0.537. The second-order valence-corrected chi connectivity index (χ2v) is 4.49. The molecule has 0 aliphatic heterocycles. The highest BCUT2D eigenvalue weighted by molar-refractivity contribution is 5.95. The highest BCUT2D eigenvalue weighted by Gasteiger charge is 2.13. The van der Waals surface area contributed by atoms with Crippen molar-refractivity contribution in [1.82, 2.24) is 4.98 Å². The normalized spacial score (nSPS) is 10.2. The van der Waals surface area contributed by atoms with Crippen molar-refractivity contribution in [2.24, 2.45) is 0 Å². The number of nitrogens with zero attached hydrogens (tertiary/aromatic N) is 1. The molecule has 0 bridgehead atoms. The first-order valence-corrected chi connectivity index (χ1v) is 6.47. The Balaban J connectivity index is 2.28. The van der Waals surface area contributed by atoms with Crippen LogP contribution in [-0.2, 0) is 4.74 Å². The molecule has 0 fully saturated rings. The predicted molar refractivity (Wildman–Crippen MR) is 79.0 cm³/mol. The zero-order chi connectivity index (χ0) is 15.4. The Morgan fingerprint density at radius 2 is 2.19 bits per heavy atom. The van der Waals surface area contributed by atoms with Crippen LogP contribution in [0.2, 0.25) is 0 Å². The molecule has 0 aliphatic rings. The van der Waals surface area contributed by atoms with E-state index in [9.17, 15) is 9.18 Å². The quantitative estimate of drug-likeness (QED) is 0.846. The number of aryl methyl sites for hydroxylation is 1. The summed E-state index contributed by atoms with van der Waals surface area (Å²) in [5.74, 6) is -0.619. The second-order valence-electron chi connectivity index (χ2n) is 4.49. The highest BCUT2D eigenvalue weighted by Crippen LogP contribution is 2.22. The largest absolute Gasteiger partial charge is 0.462 e. The Kier molecular flexibility index (Phi) is 4.37. The van der Waals surface area contributed by atoms with Gasteiger partial charge in [0.2, 0.25) is 0 Å². The molecule has 2 rings (SSSR count). The van der Waals surface area contributed by atoms with Crippen molar-refractivity contribution in [3.05, 3.63) is 47.4 Å². The van der Waals surface area contributed by atoms with E-state index >= 15 is 0 Å². The number of carbonyl (C=O) groups is 1. The van der Waals surface area contributed by atoms with Crippen molar-refractivity contribution >= 4 is 23.2 Å². The maximum absolute atomic E-state index is 13.8. The highest BCUT2D eigenvalue weighted by atomic mass is 19.1. The first-order valence-electron chi connectivity index (χ1n) is 6.47. The first-order chi connectivity index (χ1) is 10.0. The fourth-order valence-corrected chi connectivity index (χ4v) is 1.78. The number of carbonyl (C=O) groups excluding carboxylic acids is 1. The lowest BCUT2D eigenvalue weighted by Crippen LogP contribution is -2.09. The standard InChI is InChI=1S/C15H16FN3O2/c1-3-21-15(20)10-7-14(18-8-12(10)17)19-13-5-4-9(2)6-11(13)16/h4-8H,3,17H2,1-2H3,(H,18,19). The second kappa shape index (κ2) is 6.21. The molecule has 5 nitrogen and oxygen atoms in total. The third-order valence-corrected chi connectivity index (χ3v) is 2.82. The van der Waals surface area contributed by atoms with Gasteiger partial charge in [-0.05, 0) is 37.6 Å². The van der Waals surface area contributed by atoms with Crippen LogP contribution >= 0.6 is 0 Å². The molecule has 0 spiro atoms. The third kappa shape index (κ3) is 3.47. The minimum Gasteiger partial charge on any atom is -0.462 e. The SMILES string of the molecule is CCOC(=O)c1cc(Nc2ccc(C)cc2F)ncc1N. The van der Waals surface area contributed by atoms with Crippen molar-refractivity contribution in [2.75, 3.05) is 17.7 Å². The number of pyridine rings is 1. The number of esters is 1. The third-order valence-electron chi connectivity index (χ3n) is 2.82. The van der Waals surface area contributed by atoms with Crippen molar-refractivity contribution in [3.8, 4) is 0 Å². The molecule has 0 amide bonds. The van der Waals surface area contributed by atoms with Crippen LogP contribution in [0.15, 0.2) is 30.5 Å². The molecular weight excluding hydrogens is 273 g/mol. The lowest BCUT2D eigenvalue weighted by molar-refractivity contribution is 0.0527. The molecule has 3 N–H and O–H groups in total. The summed E-state index contributed by atoms with van der Waals surface area (Å²) in [6.45, 7) is 3.75. The summed E-state index contributed by atoms with van der Waals surface area (Å²) in [5, 5.41) is 2.81. The van der Waals surface area contributed by atoms with Gasteiger partial charge in [-0.3, -0.25) is 0 Å². The van der Waals surface area contributed by atoms with E-state index in [4.69, 9.17) is 10.5 Å². The van der Waals surface area contributed by atoms with Crippen molar-refractivity contribution in [3.63, 3.8) is 0 Å². The number of halogens is 1. The van der Waals surface area contributed by atoms with Crippen LogP contribution in [-0.4, -0.2) is 17.6 Å². The van der Waals surface area contributed by atoms with Crippen molar-refractivity contribution in [1.29, 1.82) is 0 Å². The minimum absolute atomic E-state index is 0.196. The fourth-order valence-electron chi connectivity index (χ4n) is 1.78. The molecule has 6 heteroatoms. The van der Waals surface area contributed by atoms with E-state index in [1.165, 1.54) is 18.3 Å². The maximum atomic E-state index is 13.8. The number of nitrogens with two attached hydrogens (primary N) is 1. The van der Waals surface area contributed by atoms with Gasteiger partial charge in [0.15, 0.2) is 0 Å². The van der Waals surface area contributed by atoms with Crippen molar-refractivity contribution in [2.45, 2.75) is 13.8 Å². The molecular formula is C15H16FN3O2. The van der Waals surface area contributed by atoms with Gasteiger partial charge in [-0.1, -0.05) is 6.07 Å². The Hall–Kier alpha value is -2.63. The molecule has 0 saturated heterocycles. The van der Waals surface area contributed by atoms with Gasteiger partial charge in [0.25, 0.3) is 0 Å².